The maximum absolute atomic E-state index is 12.2. The summed E-state index contributed by atoms with van der Waals surface area (Å²) in [5.41, 5.74) is 2.86. The molecule has 0 atom stereocenters. The van der Waals surface area contributed by atoms with Crippen molar-refractivity contribution < 1.29 is 14.3 Å². The Kier molecular flexibility index (Phi) is 6.67. The van der Waals surface area contributed by atoms with Crippen LogP contribution in [0.4, 0.5) is 0 Å². The Labute approximate surface area is 143 Å². The lowest BCUT2D eigenvalue weighted by Gasteiger charge is -2.09. The van der Waals surface area contributed by atoms with Gasteiger partial charge in [-0.25, -0.2) is 0 Å². The molecule has 0 fully saturated rings. The molecule has 2 aromatic carbocycles. The lowest BCUT2D eigenvalue weighted by Crippen LogP contribution is -2.24. The van der Waals surface area contributed by atoms with Crippen LogP contribution < -0.4 is 14.8 Å². The zero-order chi connectivity index (χ0) is 17.4. The van der Waals surface area contributed by atoms with Gasteiger partial charge in [-0.05, 0) is 68.1 Å². The number of carbonyl (C=O) groups excluding carboxylic acids is 1. The van der Waals surface area contributed by atoms with E-state index in [1.807, 2.05) is 38.1 Å². The summed E-state index contributed by atoms with van der Waals surface area (Å²) in [7, 11) is 1.63. The minimum absolute atomic E-state index is 0.0487. The van der Waals surface area contributed by atoms with Crippen LogP contribution in [0.25, 0.3) is 0 Å². The molecule has 24 heavy (non-hydrogen) atoms. The van der Waals surface area contributed by atoms with Crippen molar-refractivity contribution in [3.8, 4) is 11.5 Å². The lowest BCUT2D eigenvalue weighted by molar-refractivity contribution is 0.0953. The van der Waals surface area contributed by atoms with Gasteiger partial charge in [0.15, 0.2) is 0 Å². The first-order chi connectivity index (χ1) is 11.6. The number of hydrogen-bond donors (Lipinski definition) is 1. The number of ether oxygens (including phenoxy) is 2. The number of rotatable bonds is 8. The van der Waals surface area contributed by atoms with Gasteiger partial charge in [-0.15, -0.1) is 0 Å². The maximum Gasteiger partial charge on any atom is 0.251 e. The zero-order valence-corrected chi connectivity index (χ0v) is 14.6. The van der Waals surface area contributed by atoms with Crippen LogP contribution in [0.1, 0.15) is 34.8 Å². The average molecular weight is 327 g/mol. The Bertz CT molecular complexity index is 665. The summed E-state index contributed by atoms with van der Waals surface area (Å²) in [4.78, 5) is 12.2. The van der Waals surface area contributed by atoms with Crippen LogP contribution in [0.3, 0.4) is 0 Å². The van der Waals surface area contributed by atoms with Gasteiger partial charge in [0, 0.05) is 12.1 Å². The molecule has 1 amide bonds. The molecule has 2 aromatic rings. The average Bonchev–Trinajstić information content (AvgIpc) is 2.60. The normalized spacial score (nSPS) is 10.3. The Morgan fingerprint density at radius 1 is 1.12 bits per heavy atom. The van der Waals surface area contributed by atoms with E-state index in [9.17, 15) is 4.79 Å². The van der Waals surface area contributed by atoms with E-state index in [0.29, 0.717) is 18.7 Å². The van der Waals surface area contributed by atoms with E-state index >= 15 is 0 Å². The van der Waals surface area contributed by atoms with Crippen LogP contribution >= 0.6 is 0 Å². The third kappa shape index (κ3) is 5.01. The lowest BCUT2D eigenvalue weighted by atomic mass is 10.1. The SMILES string of the molecule is CCOc1ccc(CCCNC(=O)c2ccc(OC)c(C)c2)cc1. The van der Waals surface area contributed by atoms with Crippen molar-refractivity contribution in [2.45, 2.75) is 26.7 Å². The fraction of sp³-hybridized carbons (Fsp3) is 0.350. The Hall–Kier alpha value is -2.49. The number of amides is 1. The van der Waals surface area contributed by atoms with E-state index in [2.05, 4.69) is 17.4 Å². The topological polar surface area (TPSA) is 47.6 Å². The number of carbonyl (C=O) groups is 1. The molecule has 0 unspecified atom stereocenters. The summed E-state index contributed by atoms with van der Waals surface area (Å²) >= 11 is 0. The van der Waals surface area contributed by atoms with Crippen molar-refractivity contribution in [3.63, 3.8) is 0 Å². The van der Waals surface area contributed by atoms with E-state index < -0.39 is 0 Å². The van der Waals surface area contributed by atoms with Crippen LogP contribution in [0.5, 0.6) is 11.5 Å². The highest BCUT2D eigenvalue weighted by molar-refractivity contribution is 5.94. The predicted molar refractivity (Wildman–Crippen MR) is 96.0 cm³/mol. The highest BCUT2D eigenvalue weighted by atomic mass is 16.5. The quantitative estimate of drug-likeness (QED) is 0.751. The number of benzene rings is 2. The second kappa shape index (κ2) is 8.96. The van der Waals surface area contributed by atoms with Crippen LogP contribution in [0.2, 0.25) is 0 Å². The number of hydrogen-bond acceptors (Lipinski definition) is 3. The van der Waals surface area contributed by atoms with Gasteiger partial charge in [-0.1, -0.05) is 12.1 Å². The first-order valence-corrected chi connectivity index (χ1v) is 8.28. The van der Waals surface area contributed by atoms with E-state index in [1.165, 1.54) is 5.56 Å². The number of aryl methyl sites for hydroxylation is 2. The third-order valence-electron chi connectivity index (χ3n) is 3.82. The summed E-state index contributed by atoms with van der Waals surface area (Å²) in [6, 6.07) is 13.6. The van der Waals surface area contributed by atoms with Gasteiger partial charge in [-0.3, -0.25) is 4.79 Å². The molecule has 0 saturated heterocycles. The number of methoxy groups -OCH3 is 1. The molecule has 0 heterocycles. The van der Waals surface area contributed by atoms with E-state index in [0.717, 1.165) is 29.9 Å². The highest BCUT2D eigenvalue weighted by Gasteiger charge is 2.07. The number of nitrogens with one attached hydrogen (secondary N) is 1. The molecular weight excluding hydrogens is 302 g/mol. The molecule has 2 rings (SSSR count). The van der Waals surface area contributed by atoms with Crippen molar-refractivity contribution >= 4 is 5.91 Å². The molecule has 128 valence electrons. The van der Waals surface area contributed by atoms with Gasteiger partial charge >= 0.3 is 0 Å². The fourth-order valence-corrected chi connectivity index (χ4v) is 2.54. The Morgan fingerprint density at radius 3 is 2.50 bits per heavy atom. The molecule has 0 saturated carbocycles. The van der Waals surface area contributed by atoms with Crippen molar-refractivity contribution in [2.24, 2.45) is 0 Å². The smallest absolute Gasteiger partial charge is 0.251 e. The second-order valence-electron chi connectivity index (χ2n) is 5.62. The monoisotopic (exact) mass is 327 g/mol. The van der Waals surface area contributed by atoms with Gasteiger partial charge < -0.3 is 14.8 Å². The third-order valence-corrected chi connectivity index (χ3v) is 3.82. The van der Waals surface area contributed by atoms with E-state index in [-0.39, 0.29) is 5.91 Å². The largest absolute Gasteiger partial charge is 0.496 e. The van der Waals surface area contributed by atoms with Gasteiger partial charge in [0.2, 0.25) is 0 Å². The Morgan fingerprint density at radius 2 is 1.88 bits per heavy atom. The minimum atomic E-state index is -0.0487. The zero-order valence-electron chi connectivity index (χ0n) is 14.6. The van der Waals surface area contributed by atoms with Gasteiger partial charge in [0.05, 0.1) is 13.7 Å². The van der Waals surface area contributed by atoms with Crippen LogP contribution in [0.15, 0.2) is 42.5 Å². The molecule has 0 spiro atoms. The van der Waals surface area contributed by atoms with E-state index in [4.69, 9.17) is 9.47 Å². The predicted octanol–water partition coefficient (Wildman–Crippen LogP) is 3.76. The van der Waals surface area contributed by atoms with Crippen molar-refractivity contribution in [1.82, 2.24) is 5.32 Å². The van der Waals surface area contributed by atoms with Gasteiger partial charge in [0.1, 0.15) is 11.5 Å². The van der Waals surface area contributed by atoms with Crippen molar-refractivity contribution in [2.75, 3.05) is 20.3 Å². The molecular formula is C20H25NO3. The summed E-state index contributed by atoms with van der Waals surface area (Å²) in [5, 5.41) is 2.96. The first kappa shape index (κ1) is 17.9. The molecule has 0 aromatic heterocycles. The molecule has 0 radical (unpaired) electrons. The molecule has 0 bridgehead atoms. The van der Waals surface area contributed by atoms with Crippen LogP contribution in [0, 0.1) is 6.92 Å². The molecule has 1 N–H and O–H groups in total. The van der Waals surface area contributed by atoms with Crippen LogP contribution in [-0.4, -0.2) is 26.2 Å². The fourth-order valence-electron chi connectivity index (χ4n) is 2.54. The summed E-state index contributed by atoms with van der Waals surface area (Å²) in [6.07, 6.45) is 1.82. The van der Waals surface area contributed by atoms with E-state index in [1.54, 1.807) is 13.2 Å². The highest BCUT2D eigenvalue weighted by Crippen LogP contribution is 2.18. The van der Waals surface area contributed by atoms with Gasteiger partial charge in [-0.2, -0.15) is 0 Å². The first-order valence-electron chi connectivity index (χ1n) is 8.28. The van der Waals surface area contributed by atoms with Crippen LogP contribution in [-0.2, 0) is 6.42 Å². The Balaban J connectivity index is 1.77. The summed E-state index contributed by atoms with van der Waals surface area (Å²) in [6.45, 7) is 5.23. The molecule has 0 aliphatic rings. The molecule has 4 nitrogen and oxygen atoms in total. The molecule has 4 heteroatoms. The van der Waals surface area contributed by atoms with Gasteiger partial charge in [0.25, 0.3) is 5.91 Å². The molecule has 0 aliphatic heterocycles. The summed E-state index contributed by atoms with van der Waals surface area (Å²) in [5.74, 6) is 1.64. The second-order valence-corrected chi connectivity index (χ2v) is 5.62. The maximum atomic E-state index is 12.2. The van der Waals surface area contributed by atoms with Crippen molar-refractivity contribution in [3.05, 3.63) is 59.2 Å². The minimum Gasteiger partial charge on any atom is -0.496 e. The standard InChI is InChI=1S/C20H25NO3/c1-4-24-18-10-7-16(8-11-18)6-5-13-21-20(22)17-9-12-19(23-3)15(2)14-17/h7-12,14H,4-6,13H2,1-3H3,(H,21,22). The van der Waals surface area contributed by atoms with Crippen molar-refractivity contribution in [1.29, 1.82) is 0 Å². The molecule has 0 aliphatic carbocycles. The summed E-state index contributed by atoms with van der Waals surface area (Å²) < 4.78 is 10.6.